The number of nitrogens with one attached hydrogen (secondary N) is 4. The molecule has 4 amide bonds. The number of nitrogens with zero attached hydrogens (tertiary/aromatic N) is 9. The van der Waals surface area contributed by atoms with Crippen molar-refractivity contribution in [3.8, 4) is 0 Å². The number of aliphatic imine (C=N–C) groups is 1. The third-order valence-electron chi connectivity index (χ3n) is 6.95. The molecule has 43 heavy (non-hydrogen) atoms. The molecular formula is C23H33ClN16O3. The number of carbonyl (C=O) groups is 3. The molecule has 3 aliphatic rings. The molecule has 0 aliphatic carbocycles. The van der Waals surface area contributed by atoms with E-state index in [4.69, 9.17) is 29.1 Å². The first kappa shape index (κ1) is 31.2. The minimum atomic E-state index is -1.20. The Morgan fingerprint density at radius 3 is 2.42 bits per heavy atom. The van der Waals surface area contributed by atoms with Gasteiger partial charge in [0.1, 0.15) is 0 Å². The predicted molar refractivity (Wildman–Crippen MR) is 155 cm³/mol. The Balaban J connectivity index is 1.36. The molecule has 19 nitrogen and oxygen atoms in total. The van der Waals surface area contributed by atoms with Gasteiger partial charge in [-0.25, -0.2) is 9.79 Å². The minimum Gasteiger partial charge on any atom is -0.355 e. The lowest BCUT2D eigenvalue weighted by atomic mass is 9.86. The Labute approximate surface area is 251 Å². The summed E-state index contributed by atoms with van der Waals surface area (Å²) in [4.78, 5) is 44.1. The van der Waals surface area contributed by atoms with Gasteiger partial charge in [0.15, 0.2) is 17.0 Å². The van der Waals surface area contributed by atoms with Gasteiger partial charge < -0.3 is 37.9 Å². The van der Waals surface area contributed by atoms with Crippen LogP contribution >= 0.6 is 11.6 Å². The van der Waals surface area contributed by atoms with E-state index in [2.05, 4.69) is 57.2 Å². The Bertz CT molecular complexity index is 1370. The van der Waals surface area contributed by atoms with Crippen LogP contribution in [-0.4, -0.2) is 77.1 Å². The molecule has 1 aromatic rings. The van der Waals surface area contributed by atoms with Crippen LogP contribution in [0.4, 0.5) is 10.5 Å². The number of piperidine rings is 1. The van der Waals surface area contributed by atoms with Crippen molar-refractivity contribution in [1.29, 1.82) is 0 Å². The molecule has 20 heteroatoms. The highest BCUT2D eigenvalue weighted by molar-refractivity contribution is 6.30. The molecule has 10 N–H and O–H groups in total. The van der Waals surface area contributed by atoms with E-state index in [0.717, 1.165) is 0 Å². The summed E-state index contributed by atoms with van der Waals surface area (Å²) in [7, 11) is 0. The first-order chi connectivity index (χ1) is 20.6. The number of amides is 4. The largest absolute Gasteiger partial charge is 0.355 e. The van der Waals surface area contributed by atoms with Gasteiger partial charge >= 0.3 is 6.03 Å². The summed E-state index contributed by atoms with van der Waals surface area (Å²) in [6, 6.07) is 5.14. The molecular weight excluding hydrogens is 584 g/mol. The Kier molecular flexibility index (Phi) is 9.78. The maximum Gasteiger partial charge on any atom is 0.319 e. The van der Waals surface area contributed by atoms with Gasteiger partial charge in [-0.15, -0.1) is 10.2 Å². The fraction of sp³-hybridized carbons (Fsp3) is 0.478. The topological polar surface area (TPSA) is 270 Å². The van der Waals surface area contributed by atoms with E-state index in [9.17, 15) is 14.4 Å². The van der Waals surface area contributed by atoms with Crippen LogP contribution in [0.15, 0.2) is 71.1 Å². The van der Waals surface area contributed by atoms with E-state index < -0.39 is 23.8 Å². The first-order valence-corrected chi connectivity index (χ1v) is 13.6. The Hall–Kier alpha value is -4.75. The van der Waals surface area contributed by atoms with Gasteiger partial charge in [0, 0.05) is 30.4 Å². The number of amidine groups is 1. The van der Waals surface area contributed by atoms with Gasteiger partial charge in [0.2, 0.25) is 12.1 Å². The molecule has 3 aliphatic heterocycles. The summed E-state index contributed by atoms with van der Waals surface area (Å²) < 4.78 is 0. The number of azo groups is 1. The molecule has 1 fully saturated rings. The number of hydrogen-bond acceptors (Lipinski definition) is 13. The maximum atomic E-state index is 13.2. The quantitative estimate of drug-likeness (QED) is 0.103. The molecule has 0 radical (unpaired) electrons. The molecule has 0 saturated carbocycles. The van der Waals surface area contributed by atoms with Gasteiger partial charge in [-0.3, -0.25) is 15.4 Å². The zero-order valence-corrected chi connectivity index (χ0v) is 24.2. The lowest BCUT2D eigenvalue weighted by Gasteiger charge is -2.49. The molecule has 4 rings (SSSR count). The molecule has 230 valence electrons. The van der Waals surface area contributed by atoms with Gasteiger partial charge in [0.05, 0.1) is 12.1 Å². The first-order valence-electron chi connectivity index (χ1n) is 13.2. The number of urea groups is 1. The number of anilines is 1. The zero-order valence-electron chi connectivity index (χ0n) is 23.4. The molecule has 2 atom stereocenters. The number of likely N-dealkylation sites (tertiary alicyclic amines) is 1. The van der Waals surface area contributed by atoms with Crippen molar-refractivity contribution in [3.05, 3.63) is 40.8 Å². The van der Waals surface area contributed by atoms with Crippen LogP contribution in [-0.2, 0) is 4.79 Å². The summed E-state index contributed by atoms with van der Waals surface area (Å²) in [6.45, 7) is 4.81. The molecule has 0 bridgehead atoms. The van der Waals surface area contributed by atoms with Gasteiger partial charge in [-0.2, -0.15) is 15.2 Å². The summed E-state index contributed by atoms with van der Waals surface area (Å²) in [5.41, 5.74) is 0.396. The average Bonchev–Trinajstić information content (AvgIpc) is 2.97. The highest BCUT2D eigenvalue weighted by Crippen LogP contribution is 2.32. The summed E-state index contributed by atoms with van der Waals surface area (Å²) in [6.07, 6.45) is -0.0666. The van der Waals surface area contributed by atoms with Crippen molar-refractivity contribution in [2.75, 3.05) is 25.0 Å². The maximum absolute atomic E-state index is 13.2. The van der Waals surface area contributed by atoms with E-state index in [0.29, 0.717) is 37.2 Å². The van der Waals surface area contributed by atoms with Crippen LogP contribution in [0, 0.1) is 0 Å². The Morgan fingerprint density at radius 1 is 1.12 bits per heavy atom. The number of halogens is 1. The lowest BCUT2D eigenvalue weighted by molar-refractivity contribution is -0.125. The van der Waals surface area contributed by atoms with Crippen LogP contribution in [0.1, 0.15) is 37.0 Å². The number of hydrazine groups is 1. The van der Waals surface area contributed by atoms with Crippen LogP contribution < -0.4 is 38.8 Å². The van der Waals surface area contributed by atoms with Crippen molar-refractivity contribution < 1.29 is 14.4 Å². The van der Waals surface area contributed by atoms with Crippen molar-refractivity contribution >= 4 is 41.0 Å². The van der Waals surface area contributed by atoms with Gasteiger partial charge in [-0.05, 0) is 51.0 Å². The second kappa shape index (κ2) is 13.5. The monoisotopic (exact) mass is 616 g/mol. The van der Waals surface area contributed by atoms with Crippen LogP contribution in [0.5, 0.6) is 0 Å². The fourth-order valence-electron chi connectivity index (χ4n) is 4.73. The smallest absolute Gasteiger partial charge is 0.319 e. The lowest BCUT2D eigenvalue weighted by Crippen LogP contribution is -2.68. The van der Waals surface area contributed by atoms with Crippen molar-refractivity contribution in [1.82, 2.24) is 25.9 Å². The second-order valence-electron chi connectivity index (χ2n) is 10.2. The number of benzene rings is 1. The normalized spacial score (nSPS) is 22.2. The van der Waals surface area contributed by atoms with Gasteiger partial charge in [0.25, 0.3) is 11.8 Å². The number of hydrogen-bond donors (Lipinski definition) is 7. The summed E-state index contributed by atoms with van der Waals surface area (Å²) >= 11 is 6.12. The van der Waals surface area contributed by atoms with Gasteiger partial charge in [-0.1, -0.05) is 22.0 Å². The SMILES string of the molecule is CC(C)NC(=O)Nc1ccc(C(=O)N2CCC3(CC2)CN=NC(NC(=O)C2NC(Cl)=C(N=NN)N=C2N=NN)N3N)cc1. The van der Waals surface area contributed by atoms with Crippen LogP contribution in [0.2, 0.25) is 0 Å². The standard InChI is InChI=1S/C23H33ClN16O3/c1-12(2)29-22(43)30-14-5-3-13(4-6-14)20(42)39-9-7-23(8-10-39)11-28-36-21(40(23)27)33-19(41)15-17(34-37-25)32-18(35-38-26)16(24)31-15/h3-6,12,15,21,31H,7-11,27H2,1-2H3,(H2,26,35)(H,33,41)(H2,25,32,34)(H2,29,30,43). The van der Waals surface area contributed by atoms with E-state index >= 15 is 0 Å². The second-order valence-corrected chi connectivity index (χ2v) is 10.5. The minimum absolute atomic E-state index is 0.00471. The predicted octanol–water partition coefficient (Wildman–Crippen LogP) is 0.620. The van der Waals surface area contributed by atoms with Crippen LogP contribution in [0.25, 0.3) is 0 Å². The molecule has 0 aromatic heterocycles. The average molecular weight is 617 g/mol. The molecule has 1 spiro atoms. The molecule has 1 aromatic carbocycles. The van der Waals surface area contributed by atoms with Crippen molar-refractivity contribution in [3.63, 3.8) is 0 Å². The number of carbonyl (C=O) groups excluding carboxylic acids is 3. The molecule has 1 saturated heterocycles. The van der Waals surface area contributed by atoms with E-state index in [1.165, 1.54) is 5.01 Å². The van der Waals surface area contributed by atoms with E-state index in [1.807, 2.05) is 13.8 Å². The zero-order chi connectivity index (χ0) is 31.1. The highest BCUT2D eigenvalue weighted by atomic mass is 35.5. The third kappa shape index (κ3) is 7.19. The number of rotatable bonds is 6. The van der Waals surface area contributed by atoms with Crippen LogP contribution in [0.3, 0.4) is 0 Å². The molecule has 2 unspecified atom stereocenters. The fourth-order valence-corrected chi connectivity index (χ4v) is 4.92. The molecule has 3 heterocycles. The van der Waals surface area contributed by atoms with Crippen molar-refractivity contribution in [2.45, 2.75) is 50.6 Å². The Morgan fingerprint density at radius 2 is 1.79 bits per heavy atom. The van der Waals surface area contributed by atoms with E-state index in [-0.39, 0.29) is 41.3 Å². The number of nitrogens with two attached hydrogens (primary N) is 3. The van der Waals surface area contributed by atoms with E-state index in [1.54, 1.807) is 29.2 Å². The van der Waals surface area contributed by atoms with Crippen molar-refractivity contribution in [2.24, 2.45) is 53.4 Å². The summed E-state index contributed by atoms with van der Waals surface area (Å²) in [5.74, 6) is 15.7. The third-order valence-corrected chi connectivity index (χ3v) is 7.23. The highest BCUT2D eigenvalue weighted by Gasteiger charge is 2.46. The summed E-state index contributed by atoms with van der Waals surface area (Å²) in [5, 5.41) is 34.1.